The first kappa shape index (κ1) is 21.3. The molecule has 0 aliphatic heterocycles. The van der Waals surface area contributed by atoms with Gasteiger partial charge in [-0.25, -0.2) is 9.18 Å². The summed E-state index contributed by atoms with van der Waals surface area (Å²) in [5, 5.41) is 16.9. The van der Waals surface area contributed by atoms with Crippen molar-refractivity contribution in [3.8, 4) is 22.5 Å². The lowest BCUT2D eigenvalue weighted by Crippen LogP contribution is -2.21. The van der Waals surface area contributed by atoms with Crippen LogP contribution in [-0.2, 0) is 16.1 Å². The quantitative estimate of drug-likeness (QED) is 0.426. The molecule has 32 heavy (non-hydrogen) atoms. The second-order valence-corrected chi connectivity index (χ2v) is 7.52. The monoisotopic (exact) mass is 451 g/mol. The highest BCUT2D eigenvalue weighted by Crippen LogP contribution is 2.36. The van der Waals surface area contributed by atoms with Gasteiger partial charge in [0.2, 0.25) is 11.7 Å². The summed E-state index contributed by atoms with van der Waals surface area (Å²) in [5.74, 6) is -1.04. The Labute approximate surface area is 186 Å². The number of carbonyl (C=O) groups excluding carboxylic acids is 2. The lowest BCUT2D eigenvalue weighted by atomic mass is 10.0. The number of rotatable bonds is 7. The van der Waals surface area contributed by atoms with Gasteiger partial charge in [-0.05, 0) is 42.0 Å². The average molecular weight is 451 g/mol. The Morgan fingerprint density at radius 1 is 1.09 bits per heavy atom. The molecule has 4 rings (SSSR count). The Morgan fingerprint density at radius 2 is 1.84 bits per heavy atom. The van der Waals surface area contributed by atoms with Crippen LogP contribution in [0.4, 0.5) is 9.39 Å². The van der Waals surface area contributed by atoms with Crippen molar-refractivity contribution < 1.29 is 18.7 Å². The van der Waals surface area contributed by atoms with E-state index in [-0.39, 0.29) is 24.8 Å². The SMILES string of the molecule is CCOC(=O)c1c(-c2ccccc2)csc1NC(=O)Cn1nnc(-c2ccc(F)cc2)n1. The van der Waals surface area contributed by atoms with Gasteiger partial charge in [0.15, 0.2) is 0 Å². The van der Waals surface area contributed by atoms with E-state index in [1.807, 2.05) is 30.3 Å². The fourth-order valence-corrected chi connectivity index (χ4v) is 3.98. The van der Waals surface area contributed by atoms with E-state index in [1.54, 1.807) is 12.3 Å². The molecule has 0 radical (unpaired) electrons. The van der Waals surface area contributed by atoms with Crippen molar-refractivity contribution in [1.29, 1.82) is 0 Å². The number of nitrogens with one attached hydrogen (secondary N) is 1. The molecule has 0 fully saturated rings. The number of nitrogens with zero attached hydrogens (tertiary/aromatic N) is 4. The standard InChI is InChI=1S/C22H18FN5O3S/c1-2-31-22(30)19-17(14-6-4-3-5-7-14)13-32-21(19)24-18(29)12-28-26-20(25-27-28)15-8-10-16(23)11-9-15/h3-11,13H,2,12H2,1H3,(H,24,29). The topological polar surface area (TPSA) is 99.0 Å². The summed E-state index contributed by atoms with van der Waals surface area (Å²) in [4.78, 5) is 26.4. The molecule has 1 N–H and O–H groups in total. The highest BCUT2D eigenvalue weighted by Gasteiger charge is 2.23. The van der Waals surface area contributed by atoms with E-state index >= 15 is 0 Å². The highest BCUT2D eigenvalue weighted by atomic mass is 32.1. The summed E-state index contributed by atoms with van der Waals surface area (Å²) in [6.07, 6.45) is 0. The van der Waals surface area contributed by atoms with Gasteiger partial charge in [0.1, 0.15) is 22.9 Å². The second-order valence-electron chi connectivity index (χ2n) is 6.64. The zero-order valence-corrected chi connectivity index (χ0v) is 17.8. The molecular formula is C22H18FN5O3S. The molecule has 8 nitrogen and oxygen atoms in total. The maximum Gasteiger partial charge on any atom is 0.341 e. The number of tetrazole rings is 1. The maximum atomic E-state index is 13.1. The first-order valence-electron chi connectivity index (χ1n) is 9.72. The predicted octanol–water partition coefficient (Wildman–Crippen LogP) is 4.02. The van der Waals surface area contributed by atoms with Gasteiger partial charge in [0, 0.05) is 16.5 Å². The minimum absolute atomic E-state index is 0.213. The molecule has 162 valence electrons. The molecule has 2 heterocycles. The van der Waals surface area contributed by atoms with Crippen LogP contribution in [-0.4, -0.2) is 38.7 Å². The summed E-state index contributed by atoms with van der Waals surface area (Å²) in [7, 11) is 0. The van der Waals surface area contributed by atoms with Crippen LogP contribution in [0.2, 0.25) is 0 Å². The zero-order valence-electron chi connectivity index (χ0n) is 17.0. The summed E-state index contributed by atoms with van der Waals surface area (Å²) in [5.41, 5.74) is 2.40. The molecule has 0 unspecified atom stereocenters. The van der Waals surface area contributed by atoms with Gasteiger partial charge < -0.3 is 10.1 Å². The molecule has 2 aromatic heterocycles. The number of esters is 1. The second kappa shape index (κ2) is 9.48. The molecule has 0 aliphatic carbocycles. The molecule has 0 saturated heterocycles. The molecule has 0 saturated carbocycles. The third-order valence-corrected chi connectivity index (χ3v) is 5.34. The molecule has 0 spiro atoms. The lowest BCUT2D eigenvalue weighted by molar-refractivity contribution is -0.117. The van der Waals surface area contributed by atoms with Gasteiger partial charge in [-0.2, -0.15) is 4.80 Å². The summed E-state index contributed by atoms with van der Waals surface area (Å²) in [6.45, 7) is 1.72. The van der Waals surface area contributed by atoms with Crippen LogP contribution < -0.4 is 5.32 Å². The Morgan fingerprint density at radius 3 is 2.56 bits per heavy atom. The molecule has 10 heteroatoms. The maximum absolute atomic E-state index is 13.1. The van der Waals surface area contributed by atoms with Gasteiger partial charge in [-0.15, -0.1) is 21.5 Å². The van der Waals surface area contributed by atoms with E-state index in [4.69, 9.17) is 4.74 Å². The predicted molar refractivity (Wildman–Crippen MR) is 118 cm³/mol. The number of aromatic nitrogens is 4. The third-order valence-electron chi connectivity index (χ3n) is 4.45. The molecular weight excluding hydrogens is 433 g/mol. The normalized spacial score (nSPS) is 10.7. The highest BCUT2D eigenvalue weighted by molar-refractivity contribution is 7.15. The van der Waals surface area contributed by atoms with Crippen LogP contribution in [0.25, 0.3) is 22.5 Å². The Bertz CT molecular complexity index is 1240. The number of carbonyl (C=O) groups is 2. The van der Waals surface area contributed by atoms with E-state index in [9.17, 15) is 14.0 Å². The van der Waals surface area contributed by atoms with Crippen molar-refractivity contribution >= 4 is 28.2 Å². The minimum atomic E-state index is -0.514. The number of benzene rings is 2. The third kappa shape index (κ3) is 4.70. The van der Waals surface area contributed by atoms with Crippen molar-refractivity contribution in [3.05, 3.63) is 71.4 Å². The number of hydrogen-bond acceptors (Lipinski definition) is 7. The molecule has 1 amide bonds. The van der Waals surface area contributed by atoms with Gasteiger partial charge >= 0.3 is 5.97 Å². The fraction of sp³-hybridized carbons (Fsp3) is 0.136. The Hall–Kier alpha value is -3.92. The number of halogens is 1. The van der Waals surface area contributed by atoms with Crippen molar-refractivity contribution in [1.82, 2.24) is 20.2 Å². The first-order valence-corrected chi connectivity index (χ1v) is 10.6. The smallest absolute Gasteiger partial charge is 0.341 e. The number of thiophene rings is 1. The van der Waals surface area contributed by atoms with Crippen LogP contribution in [0.5, 0.6) is 0 Å². The van der Waals surface area contributed by atoms with E-state index < -0.39 is 11.9 Å². The van der Waals surface area contributed by atoms with Crippen molar-refractivity contribution in [2.45, 2.75) is 13.5 Å². The Balaban J connectivity index is 1.53. The molecule has 2 aromatic carbocycles. The number of amides is 1. The summed E-state index contributed by atoms with van der Waals surface area (Å²) < 4.78 is 18.3. The number of ether oxygens (including phenoxy) is 1. The summed E-state index contributed by atoms with van der Waals surface area (Å²) >= 11 is 1.23. The van der Waals surface area contributed by atoms with Crippen LogP contribution >= 0.6 is 11.3 Å². The van der Waals surface area contributed by atoms with Gasteiger partial charge in [0.25, 0.3) is 0 Å². The van der Waals surface area contributed by atoms with Crippen molar-refractivity contribution in [2.75, 3.05) is 11.9 Å². The zero-order chi connectivity index (χ0) is 22.5. The number of anilines is 1. The van der Waals surface area contributed by atoms with Crippen LogP contribution in [0.15, 0.2) is 60.0 Å². The fourth-order valence-electron chi connectivity index (χ4n) is 3.01. The molecule has 0 bridgehead atoms. The van der Waals surface area contributed by atoms with Gasteiger partial charge in [-0.1, -0.05) is 30.3 Å². The summed E-state index contributed by atoms with van der Waals surface area (Å²) in [6, 6.07) is 15.0. The van der Waals surface area contributed by atoms with E-state index in [2.05, 4.69) is 20.7 Å². The molecule has 4 aromatic rings. The Kier molecular flexibility index (Phi) is 6.31. The minimum Gasteiger partial charge on any atom is -0.462 e. The van der Waals surface area contributed by atoms with Crippen LogP contribution in [0.3, 0.4) is 0 Å². The van der Waals surface area contributed by atoms with E-state index in [1.165, 1.54) is 35.6 Å². The van der Waals surface area contributed by atoms with E-state index in [0.29, 0.717) is 21.7 Å². The largest absolute Gasteiger partial charge is 0.462 e. The van der Waals surface area contributed by atoms with E-state index in [0.717, 1.165) is 10.4 Å². The molecule has 0 atom stereocenters. The number of hydrogen-bond donors (Lipinski definition) is 1. The first-order chi connectivity index (χ1) is 15.5. The van der Waals surface area contributed by atoms with Crippen molar-refractivity contribution in [2.24, 2.45) is 0 Å². The van der Waals surface area contributed by atoms with Crippen LogP contribution in [0.1, 0.15) is 17.3 Å². The van der Waals surface area contributed by atoms with Crippen LogP contribution in [0, 0.1) is 5.82 Å². The van der Waals surface area contributed by atoms with Gasteiger partial charge in [-0.3, -0.25) is 4.79 Å². The van der Waals surface area contributed by atoms with Gasteiger partial charge in [0.05, 0.1) is 6.61 Å². The molecule has 0 aliphatic rings. The van der Waals surface area contributed by atoms with Crippen molar-refractivity contribution in [3.63, 3.8) is 0 Å². The average Bonchev–Trinajstić information content (AvgIpc) is 3.42. The lowest BCUT2D eigenvalue weighted by Gasteiger charge is -2.08.